The van der Waals surface area contributed by atoms with E-state index in [0.29, 0.717) is 31.1 Å². The van der Waals surface area contributed by atoms with Crippen molar-refractivity contribution in [1.29, 1.82) is 0 Å². The van der Waals surface area contributed by atoms with E-state index in [4.69, 9.17) is 4.74 Å². The van der Waals surface area contributed by atoms with Crippen LogP contribution in [0.5, 0.6) is 0 Å². The highest BCUT2D eigenvalue weighted by atomic mass is 16.5. The first-order valence-electron chi connectivity index (χ1n) is 6.65. The van der Waals surface area contributed by atoms with Gasteiger partial charge in [-0.1, -0.05) is 0 Å². The van der Waals surface area contributed by atoms with Crippen LogP contribution in [-0.2, 0) is 4.74 Å². The molecule has 0 atom stereocenters. The quantitative estimate of drug-likeness (QED) is 0.903. The molecule has 1 N–H and O–H groups in total. The van der Waals surface area contributed by atoms with Crippen molar-refractivity contribution in [1.82, 2.24) is 9.88 Å². The Kier molecular flexibility index (Phi) is 4.04. The molecule has 0 bridgehead atoms. The highest BCUT2D eigenvalue weighted by Crippen LogP contribution is 2.20. The Labute approximate surface area is 114 Å². The van der Waals surface area contributed by atoms with E-state index in [1.807, 2.05) is 31.7 Å². The number of hydrogen-bond donors (Lipinski definition) is 1. The van der Waals surface area contributed by atoms with Gasteiger partial charge in [0.05, 0.1) is 17.8 Å². The molecule has 1 saturated heterocycles. The molecule has 1 aliphatic heterocycles. The average Bonchev–Trinajstić information content (AvgIpc) is 2.38. The number of hydrogen-bond acceptors (Lipinski definition) is 4. The standard InChI is InChI=1S/C14H21N3O2/c1-4-15-12-11(6-5-7-16-12)13(18)17-8-9-19-14(2,3)10-17/h5-7H,4,8-10H2,1-3H3,(H,15,16). The van der Waals surface area contributed by atoms with Crippen LogP contribution in [0.2, 0.25) is 0 Å². The number of morpholine rings is 1. The van der Waals surface area contributed by atoms with Gasteiger partial charge in [0.25, 0.3) is 5.91 Å². The molecule has 1 aromatic heterocycles. The molecule has 5 heteroatoms. The van der Waals surface area contributed by atoms with E-state index in [0.717, 1.165) is 6.54 Å². The van der Waals surface area contributed by atoms with Gasteiger partial charge in [0, 0.05) is 25.8 Å². The molecule has 1 aromatic rings. The summed E-state index contributed by atoms with van der Waals surface area (Å²) in [7, 11) is 0. The molecular weight excluding hydrogens is 242 g/mol. The fraction of sp³-hybridized carbons (Fsp3) is 0.571. The van der Waals surface area contributed by atoms with E-state index in [1.165, 1.54) is 0 Å². The van der Waals surface area contributed by atoms with Gasteiger partial charge < -0.3 is 15.0 Å². The van der Waals surface area contributed by atoms with Crippen molar-refractivity contribution in [3.8, 4) is 0 Å². The van der Waals surface area contributed by atoms with Gasteiger partial charge in [-0.15, -0.1) is 0 Å². The van der Waals surface area contributed by atoms with Crippen LogP contribution in [-0.4, -0.2) is 47.6 Å². The van der Waals surface area contributed by atoms with Crippen LogP contribution in [0.1, 0.15) is 31.1 Å². The van der Waals surface area contributed by atoms with Crippen LogP contribution in [0, 0.1) is 0 Å². The van der Waals surface area contributed by atoms with E-state index in [1.54, 1.807) is 12.3 Å². The molecule has 2 rings (SSSR count). The molecule has 104 valence electrons. The number of nitrogens with zero attached hydrogens (tertiary/aromatic N) is 2. The van der Waals surface area contributed by atoms with Crippen molar-refractivity contribution in [3.63, 3.8) is 0 Å². The monoisotopic (exact) mass is 263 g/mol. The molecule has 19 heavy (non-hydrogen) atoms. The number of carbonyl (C=O) groups is 1. The summed E-state index contributed by atoms with van der Waals surface area (Å²) in [5.41, 5.74) is 0.344. The molecule has 2 heterocycles. The first kappa shape index (κ1) is 13.8. The Morgan fingerprint density at radius 3 is 3.05 bits per heavy atom. The summed E-state index contributed by atoms with van der Waals surface area (Å²) in [4.78, 5) is 18.6. The van der Waals surface area contributed by atoms with Gasteiger partial charge in [0.2, 0.25) is 0 Å². The second-order valence-electron chi connectivity index (χ2n) is 5.26. The molecule has 0 radical (unpaired) electrons. The minimum atomic E-state index is -0.283. The lowest BCUT2D eigenvalue weighted by atomic mass is 10.1. The van der Waals surface area contributed by atoms with Crippen molar-refractivity contribution in [2.75, 3.05) is 31.6 Å². The van der Waals surface area contributed by atoms with Gasteiger partial charge >= 0.3 is 0 Å². The lowest BCUT2D eigenvalue weighted by Gasteiger charge is -2.38. The van der Waals surface area contributed by atoms with E-state index >= 15 is 0 Å². The first-order chi connectivity index (χ1) is 9.03. The Morgan fingerprint density at radius 1 is 1.58 bits per heavy atom. The van der Waals surface area contributed by atoms with E-state index in [-0.39, 0.29) is 11.5 Å². The summed E-state index contributed by atoms with van der Waals surface area (Å²) >= 11 is 0. The lowest BCUT2D eigenvalue weighted by molar-refractivity contribution is -0.0763. The van der Waals surface area contributed by atoms with Gasteiger partial charge in [-0.05, 0) is 32.9 Å². The van der Waals surface area contributed by atoms with Crippen LogP contribution in [0.3, 0.4) is 0 Å². The summed E-state index contributed by atoms with van der Waals surface area (Å²) < 4.78 is 5.63. The second-order valence-corrected chi connectivity index (χ2v) is 5.26. The molecular formula is C14H21N3O2. The Hall–Kier alpha value is -1.62. The molecule has 0 unspecified atom stereocenters. The SMILES string of the molecule is CCNc1ncccc1C(=O)N1CCOC(C)(C)C1. The number of anilines is 1. The first-order valence-corrected chi connectivity index (χ1v) is 6.65. The van der Waals surface area contributed by atoms with Crippen molar-refractivity contribution in [2.45, 2.75) is 26.4 Å². The Morgan fingerprint density at radius 2 is 2.37 bits per heavy atom. The fourth-order valence-corrected chi connectivity index (χ4v) is 2.25. The number of aromatic nitrogens is 1. The summed E-state index contributed by atoms with van der Waals surface area (Å²) in [6.45, 7) is 8.54. The zero-order valence-corrected chi connectivity index (χ0v) is 11.8. The van der Waals surface area contributed by atoms with Crippen LogP contribution >= 0.6 is 0 Å². The minimum Gasteiger partial charge on any atom is -0.372 e. The topological polar surface area (TPSA) is 54.5 Å². The van der Waals surface area contributed by atoms with E-state index < -0.39 is 0 Å². The van der Waals surface area contributed by atoms with Crippen LogP contribution in [0.15, 0.2) is 18.3 Å². The predicted octanol–water partition coefficient (Wildman–Crippen LogP) is 1.76. The average molecular weight is 263 g/mol. The third-order valence-electron chi connectivity index (χ3n) is 3.10. The maximum atomic E-state index is 12.6. The molecule has 0 aliphatic carbocycles. The van der Waals surface area contributed by atoms with Crippen molar-refractivity contribution < 1.29 is 9.53 Å². The van der Waals surface area contributed by atoms with Crippen LogP contribution in [0.4, 0.5) is 5.82 Å². The summed E-state index contributed by atoms with van der Waals surface area (Å²) in [6.07, 6.45) is 1.69. The van der Waals surface area contributed by atoms with Gasteiger partial charge in [0.1, 0.15) is 5.82 Å². The molecule has 1 aliphatic rings. The third kappa shape index (κ3) is 3.23. The summed E-state index contributed by atoms with van der Waals surface area (Å²) in [5.74, 6) is 0.666. The number of nitrogens with one attached hydrogen (secondary N) is 1. The second kappa shape index (κ2) is 5.57. The zero-order valence-electron chi connectivity index (χ0n) is 11.8. The Balaban J connectivity index is 2.19. The van der Waals surface area contributed by atoms with E-state index in [2.05, 4.69) is 10.3 Å². The Bertz CT molecular complexity index is 460. The summed E-state index contributed by atoms with van der Waals surface area (Å²) in [6, 6.07) is 3.61. The number of pyridine rings is 1. The maximum Gasteiger partial charge on any atom is 0.257 e. The molecule has 5 nitrogen and oxygen atoms in total. The van der Waals surface area contributed by atoms with Crippen molar-refractivity contribution >= 4 is 11.7 Å². The van der Waals surface area contributed by atoms with Crippen molar-refractivity contribution in [3.05, 3.63) is 23.9 Å². The number of ether oxygens (including phenoxy) is 1. The van der Waals surface area contributed by atoms with Crippen molar-refractivity contribution in [2.24, 2.45) is 0 Å². The van der Waals surface area contributed by atoms with Gasteiger partial charge in [0.15, 0.2) is 0 Å². The third-order valence-corrected chi connectivity index (χ3v) is 3.10. The summed E-state index contributed by atoms with van der Waals surface area (Å²) in [5, 5.41) is 3.13. The normalized spacial score (nSPS) is 18.2. The molecule has 1 amide bonds. The maximum absolute atomic E-state index is 12.6. The molecule has 0 spiro atoms. The largest absolute Gasteiger partial charge is 0.372 e. The smallest absolute Gasteiger partial charge is 0.257 e. The number of carbonyl (C=O) groups excluding carboxylic acids is 1. The highest BCUT2D eigenvalue weighted by Gasteiger charge is 2.31. The van der Waals surface area contributed by atoms with Gasteiger partial charge in [-0.3, -0.25) is 4.79 Å². The van der Waals surface area contributed by atoms with Crippen LogP contribution < -0.4 is 5.32 Å². The predicted molar refractivity (Wildman–Crippen MR) is 74.3 cm³/mol. The van der Waals surface area contributed by atoms with Gasteiger partial charge in [-0.2, -0.15) is 0 Å². The fourth-order valence-electron chi connectivity index (χ4n) is 2.25. The highest BCUT2D eigenvalue weighted by molar-refractivity contribution is 5.98. The molecule has 1 fully saturated rings. The molecule has 0 saturated carbocycles. The zero-order chi connectivity index (χ0) is 13.9. The van der Waals surface area contributed by atoms with Gasteiger partial charge in [-0.25, -0.2) is 4.98 Å². The van der Waals surface area contributed by atoms with E-state index in [9.17, 15) is 4.79 Å². The number of rotatable bonds is 3. The van der Waals surface area contributed by atoms with Crippen LogP contribution in [0.25, 0.3) is 0 Å². The lowest BCUT2D eigenvalue weighted by Crippen LogP contribution is -2.50. The minimum absolute atomic E-state index is 0.0143. The molecule has 0 aromatic carbocycles. The number of amides is 1.